The maximum absolute atomic E-state index is 12.6. The number of likely N-dealkylation sites (tertiary alicyclic amines) is 2. The third kappa shape index (κ3) is 2.95. The van der Waals surface area contributed by atoms with Gasteiger partial charge in [-0.3, -0.25) is 4.79 Å². The summed E-state index contributed by atoms with van der Waals surface area (Å²) in [5.74, 6) is 0.615. The highest BCUT2D eigenvalue weighted by atomic mass is 16.2. The van der Waals surface area contributed by atoms with Crippen molar-refractivity contribution in [3.8, 4) is 0 Å². The number of hydrogen-bond acceptors (Lipinski definition) is 3. The topological polar surface area (TPSA) is 49.6 Å². The number of rotatable bonds is 3. The van der Waals surface area contributed by atoms with Crippen molar-refractivity contribution in [3.05, 3.63) is 0 Å². The van der Waals surface area contributed by atoms with Crippen molar-refractivity contribution in [3.63, 3.8) is 0 Å². The summed E-state index contributed by atoms with van der Waals surface area (Å²) in [6, 6.07) is 0.732. The number of nitrogens with two attached hydrogens (primary N) is 1. The van der Waals surface area contributed by atoms with Crippen LogP contribution in [-0.2, 0) is 4.79 Å². The minimum Gasteiger partial charge on any atom is -0.338 e. The Kier molecular flexibility index (Phi) is 4.08. The average molecular weight is 265 g/mol. The molecule has 1 amide bonds. The zero-order valence-electron chi connectivity index (χ0n) is 11.9. The van der Waals surface area contributed by atoms with Crippen LogP contribution in [0.2, 0.25) is 0 Å². The molecule has 0 spiro atoms. The number of carbonyl (C=O) groups excluding carboxylic acids is 1. The molecule has 0 aromatic heterocycles. The van der Waals surface area contributed by atoms with Crippen LogP contribution in [-0.4, -0.2) is 54.0 Å². The van der Waals surface area contributed by atoms with Gasteiger partial charge in [-0.1, -0.05) is 0 Å². The summed E-state index contributed by atoms with van der Waals surface area (Å²) < 4.78 is 0. The number of hydrogen-bond donors (Lipinski definition) is 1. The monoisotopic (exact) mass is 265 g/mol. The van der Waals surface area contributed by atoms with Gasteiger partial charge in [0.25, 0.3) is 0 Å². The Morgan fingerprint density at radius 2 is 1.84 bits per heavy atom. The van der Waals surface area contributed by atoms with Crippen molar-refractivity contribution < 1.29 is 4.79 Å². The van der Waals surface area contributed by atoms with E-state index in [4.69, 9.17) is 5.73 Å². The maximum atomic E-state index is 12.6. The number of carbonyl (C=O) groups is 1. The zero-order valence-corrected chi connectivity index (χ0v) is 11.9. The molecule has 4 nitrogen and oxygen atoms in total. The molecule has 4 heteroatoms. The Morgan fingerprint density at radius 3 is 2.53 bits per heavy atom. The SMILES string of the molecule is N[C@@H]1CC[C@@H](C(=O)N2CCC[C@@H]2CN2CCCC2)C1. The van der Waals surface area contributed by atoms with Crippen molar-refractivity contribution in [1.29, 1.82) is 0 Å². The van der Waals surface area contributed by atoms with Gasteiger partial charge in [0, 0.05) is 31.1 Å². The largest absolute Gasteiger partial charge is 0.338 e. The Morgan fingerprint density at radius 1 is 1.05 bits per heavy atom. The van der Waals surface area contributed by atoms with Gasteiger partial charge in [0.15, 0.2) is 0 Å². The Labute approximate surface area is 116 Å². The predicted molar refractivity (Wildman–Crippen MR) is 75.7 cm³/mol. The molecule has 1 aliphatic carbocycles. The Bertz CT molecular complexity index is 327. The molecule has 3 fully saturated rings. The summed E-state index contributed by atoms with van der Waals surface area (Å²) in [6.45, 7) is 4.53. The van der Waals surface area contributed by atoms with Crippen LogP contribution in [0.3, 0.4) is 0 Å². The minimum absolute atomic E-state index is 0.217. The standard InChI is InChI=1S/C15H27N3O/c16-13-6-5-12(10-13)15(19)18-9-3-4-14(18)11-17-7-1-2-8-17/h12-14H,1-11,16H2/t12-,13-,14-/m1/s1. The summed E-state index contributed by atoms with van der Waals surface area (Å²) in [7, 11) is 0. The van der Waals surface area contributed by atoms with Gasteiger partial charge in [-0.05, 0) is 58.0 Å². The van der Waals surface area contributed by atoms with Gasteiger partial charge >= 0.3 is 0 Å². The molecule has 2 N–H and O–H groups in total. The molecule has 0 unspecified atom stereocenters. The third-order valence-electron chi connectivity index (χ3n) is 5.15. The van der Waals surface area contributed by atoms with Crippen molar-refractivity contribution >= 4 is 5.91 Å². The van der Waals surface area contributed by atoms with E-state index in [-0.39, 0.29) is 12.0 Å². The fraction of sp³-hybridized carbons (Fsp3) is 0.933. The minimum atomic E-state index is 0.217. The quantitative estimate of drug-likeness (QED) is 0.834. The molecule has 2 saturated heterocycles. The van der Waals surface area contributed by atoms with Crippen LogP contribution in [0.5, 0.6) is 0 Å². The summed E-state index contributed by atoms with van der Waals surface area (Å²) in [4.78, 5) is 17.3. The van der Waals surface area contributed by atoms with Gasteiger partial charge < -0.3 is 15.5 Å². The van der Waals surface area contributed by atoms with Crippen LogP contribution in [0.25, 0.3) is 0 Å². The zero-order chi connectivity index (χ0) is 13.2. The van der Waals surface area contributed by atoms with Gasteiger partial charge in [-0.2, -0.15) is 0 Å². The van der Waals surface area contributed by atoms with Crippen LogP contribution in [0.15, 0.2) is 0 Å². The summed E-state index contributed by atoms with van der Waals surface area (Å²) in [5.41, 5.74) is 5.95. The molecule has 3 atom stereocenters. The third-order valence-corrected chi connectivity index (χ3v) is 5.15. The molecule has 0 bridgehead atoms. The molecule has 3 aliphatic rings. The van der Waals surface area contributed by atoms with Gasteiger partial charge in [-0.25, -0.2) is 0 Å². The van der Waals surface area contributed by atoms with E-state index in [0.717, 1.165) is 32.4 Å². The second-order valence-electron chi connectivity index (χ2n) is 6.61. The lowest BCUT2D eigenvalue weighted by Gasteiger charge is -2.30. The summed E-state index contributed by atoms with van der Waals surface area (Å²) >= 11 is 0. The summed E-state index contributed by atoms with van der Waals surface area (Å²) in [6.07, 6.45) is 7.99. The van der Waals surface area contributed by atoms with Crippen molar-refractivity contribution in [1.82, 2.24) is 9.80 Å². The molecule has 1 saturated carbocycles. The van der Waals surface area contributed by atoms with E-state index in [0.29, 0.717) is 11.9 Å². The number of amides is 1. The molecule has 2 heterocycles. The maximum Gasteiger partial charge on any atom is 0.226 e. The van der Waals surface area contributed by atoms with E-state index in [2.05, 4.69) is 9.80 Å². The van der Waals surface area contributed by atoms with Crippen LogP contribution >= 0.6 is 0 Å². The highest BCUT2D eigenvalue weighted by Gasteiger charge is 2.36. The highest BCUT2D eigenvalue weighted by Crippen LogP contribution is 2.29. The molecule has 108 valence electrons. The second-order valence-corrected chi connectivity index (χ2v) is 6.61. The molecule has 0 aromatic carbocycles. The molecular weight excluding hydrogens is 238 g/mol. The lowest BCUT2D eigenvalue weighted by Crippen LogP contribution is -2.44. The van der Waals surface area contributed by atoms with Crippen molar-refractivity contribution in [2.24, 2.45) is 11.7 Å². The van der Waals surface area contributed by atoms with Crippen LogP contribution < -0.4 is 5.73 Å². The van der Waals surface area contributed by atoms with E-state index in [9.17, 15) is 4.79 Å². The first-order valence-electron chi connectivity index (χ1n) is 8.02. The van der Waals surface area contributed by atoms with Gasteiger partial charge in [-0.15, -0.1) is 0 Å². The molecule has 0 aromatic rings. The van der Waals surface area contributed by atoms with E-state index in [1.54, 1.807) is 0 Å². The van der Waals surface area contributed by atoms with Gasteiger partial charge in [0.1, 0.15) is 0 Å². The van der Waals surface area contributed by atoms with E-state index in [1.165, 1.54) is 38.8 Å². The lowest BCUT2D eigenvalue weighted by molar-refractivity contribution is -0.136. The first kappa shape index (κ1) is 13.4. The predicted octanol–water partition coefficient (Wildman–Crippen LogP) is 1.20. The fourth-order valence-electron chi connectivity index (χ4n) is 4.05. The van der Waals surface area contributed by atoms with Gasteiger partial charge in [0.05, 0.1) is 0 Å². The first-order chi connectivity index (χ1) is 9.24. The molecular formula is C15H27N3O. The van der Waals surface area contributed by atoms with Crippen LogP contribution in [0, 0.1) is 5.92 Å². The van der Waals surface area contributed by atoms with Crippen molar-refractivity contribution in [2.45, 2.75) is 57.0 Å². The molecule has 19 heavy (non-hydrogen) atoms. The van der Waals surface area contributed by atoms with E-state index >= 15 is 0 Å². The molecule has 0 radical (unpaired) electrons. The van der Waals surface area contributed by atoms with Gasteiger partial charge in [0.2, 0.25) is 5.91 Å². The van der Waals surface area contributed by atoms with E-state index in [1.807, 2.05) is 0 Å². The molecule has 2 aliphatic heterocycles. The van der Waals surface area contributed by atoms with E-state index < -0.39 is 0 Å². The number of nitrogens with zero attached hydrogens (tertiary/aromatic N) is 2. The van der Waals surface area contributed by atoms with Crippen molar-refractivity contribution in [2.75, 3.05) is 26.2 Å². The second kappa shape index (κ2) is 5.80. The van der Waals surface area contributed by atoms with Crippen LogP contribution in [0.1, 0.15) is 44.9 Å². The average Bonchev–Trinajstić information content (AvgIpc) is 3.10. The molecule has 3 rings (SSSR count). The van der Waals surface area contributed by atoms with Crippen LogP contribution in [0.4, 0.5) is 0 Å². The smallest absolute Gasteiger partial charge is 0.226 e. The first-order valence-corrected chi connectivity index (χ1v) is 8.02. The Hall–Kier alpha value is -0.610. The Balaban J connectivity index is 1.57. The fourth-order valence-corrected chi connectivity index (χ4v) is 4.05. The normalized spacial score (nSPS) is 36.3. The lowest BCUT2D eigenvalue weighted by atomic mass is 10.1. The highest BCUT2D eigenvalue weighted by molar-refractivity contribution is 5.79. The summed E-state index contributed by atoms with van der Waals surface area (Å²) in [5, 5.41) is 0.